The SMILES string of the molecule is C#C.C=CC.C=Cc1c(CN2CC(N)N(C(=O)CN(Cc3cc(-c4cnccn4)no3)NCc3ccccc3)CC2=O)cccc1N=C.C=O.CC. The van der Waals surface area contributed by atoms with Gasteiger partial charge < -0.3 is 24.9 Å². The monoisotopic (exact) mass is 707 g/mol. The fourth-order valence-corrected chi connectivity index (χ4v) is 4.88. The third kappa shape index (κ3) is 13.3. The normalized spacial score (nSPS) is 13.0. The van der Waals surface area contributed by atoms with Crippen LogP contribution in [0, 0.1) is 12.8 Å². The number of amides is 2. The summed E-state index contributed by atoms with van der Waals surface area (Å²) in [4.78, 5) is 50.2. The summed E-state index contributed by atoms with van der Waals surface area (Å²) in [6, 6.07) is 17.2. The number of aromatic nitrogens is 3. The van der Waals surface area contributed by atoms with Crippen LogP contribution in [0.5, 0.6) is 0 Å². The molecule has 274 valence electrons. The van der Waals surface area contributed by atoms with Crippen molar-refractivity contribution in [2.24, 2.45) is 10.7 Å². The van der Waals surface area contributed by atoms with E-state index in [0.29, 0.717) is 35.9 Å². The summed E-state index contributed by atoms with van der Waals surface area (Å²) in [5.74, 6) is 0.0301. The predicted molar refractivity (Wildman–Crippen MR) is 206 cm³/mol. The van der Waals surface area contributed by atoms with Crippen LogP contribution in [0.1, 0.15) is 43.2 Å². The molecule has 0 spiro atoms. The van der Waals surface area contributed by atoms with Crippen LogP contribution in [0.2, 0.25) is 0 Å². The van der Waals surface area contributed by atoms with Gasteiger partial charge in [-0.15, -0.1) is 19.4 Å². The van der Waals surface area contributed by atoms with Crippen LogP contribution in [-0.4, -0.2) is 81.1 Å². The molecule has 0 bridgehead atoms. The average molecular weight is 708 g/mol. The minimum Gasteiger partial charge on any atom is -0.359 e. The summed E-state index contributed by atoms with van der Waals surface area (Å²) in [7, 11) is 0. The van der Waals surface area contributed by atoms with E-state index in [1.54, 1.807) is 46.7 Å². The Bertz CT molecular complexity index is 1690. The number of carbonyl (C=O) groups is 3. The Labute approximate surface area is 306 Å². The van der Waals surface area contributed by atoms with Crippen molar-refractivity contribution >= 4 is 37.1 Å². The second kappa shape index (κ2) is 25.0. The molecule has 1 saturated heterocycles. The Morgan fingerprint density at radius 3 is 2.42 bits per heavy atom. The average Bonchev–Trinajstić information content (AvgIpc) is 3.67. The first kappa shape index (κ1) is 44.0. The van der Waals surface area contributed by atoms with E-state index in [2.05, 4.69) is 58.3 Å². The van der Waals surface area contributed by atoms with Crippen LogP contribution in [0.25, 0.3) is 17.5 Å². The highest BCUT2D eigenvalue weighted by Gasteiger charge is 2.34. The molecule has 0 radical (unpaired) electrons. The molecule has 52 heavy (non-hydrogen) atoms. The third-order valence-corrected chi connectivity index (χ3v) is 7.10. The molecule has 0 aliphatic carbocycles. The second-order valence-corrected chi connectivity index (χ2v) is 10.4. The molecular weight excluding hydrogens is 658 g/mol. The molecule has 0 saturated carbocycles. The van der Waals surface area contributed by atoms with Crippen molar-refractivity contribution < 1.29 is 18.9 Å². The van der Waals surface area contributed by atoms with Gasteiger partial charge in [-0.05, 0) is 30.8 Å². The Hall–Kier alpha value is -6.07. The minimum absolute atomic E-state index is 0.0529. The van der Waals surface area contributed by atoms with Crippen molar-refractivity contribution in [1.29, 1.82) is 0 Å². The number of aliphatic imine (C=N–C) groups is 1. The first-order valence-corrected chi connectivity index (χ1v) is 16.3. The maximum absolute atomic E-state index is 13.5. The van der Waals surface area contributed by atoms with E-state index in [-0.39, 0.29) is 38.0 Å². The molecule has 2 aromatic carbocycles. The maximum atomic E-state index is 13.5. The van der Waals surface area contributed by atoms with E-state index >= 15 is 0 Å². The molecule has 4 aromatic rings. The quantitative estimate of drug-likeness (QED) is 0.0882. The van der Waals surface area contributed by atoms with E-state index in [1.165, 1.54) is 4.90 Å². The van der Waals surface area contributed by atoms with E-state index in [0.717, 1.165) is 16.7 Å². The standard InChI is InChI=1S/C31H33N9O3.C3H6.C2H6.C2H2.CH2O/c1-3-25-23(10-7-11-26(25)33-2)17-38-19-29(32)40(21-30(38)41)31(42)20-39(36-15-22-8-5-4-6-9-22)18-24-14-27(37-43-24)28-16-34-12-13-35-28;1-3-2;3*1-2/h3-14,16,29,36H,1-2,15,17-21,32H2;3H,1H2,2H3;1-2H3;1-2H;1H2. The number of nitrogens with one attached hydrogen (secondary N) is 1. The number of hydrogen-bond donors (Lipinski definition) is 2. The van der Waals surface area contributed by atoms with E-state index in [9.17, 15) is 9.59 Å². The number of allylic oxidation sites excluding steroid dienone is 1. The number of hydrazine groups is 1. The van der Waals surface area contributed by atoms with E-state index in [1.807, 2.05) is 76.1 Å². The Morgan fingerprint density at radius 2 is 1.81 bits per heavy atom. The zero-order valence-electron chi connectivity index (χ0n) is 30.2. The van der Waals surface area contributed by atoms with Gasteiger partial charge in [-0.2, -0.15) is 0 Å². The zero-order valence-corrected chi connectivity index (χ0v) is 30.2. The highest BCUT2D eigenvalue weighted by molar-refractivity contribution is 5.87. The smallest absolute Gasteiger partial charge is 0.242 e. The van der Waals surface area contributed by atoms with Crippen LogP contribution in [0.15, 0.2) is 102 Å². The number of piperazine rings is 1. The van der Waals surface area contributed by atoms with Gasteiger partial charge in [-0.1, -0.05) is 80.2 Å². The topological polar surface area (TPSA) is 163 Å². The lowest BCUT2D eigenvalue weighted by Crippen LogP contribution is -2.62. The van der Waals surface area contributed by atoms with Crippen molar-refractivity contribution in [3.8, 4) is 24.2 Å². The van der Waals surface area contributed by atoms with Crippen molar-refractivity contribution in [2.45, 2.75) is 46.6 Å². The second-order valence-electron chi connectivity index (χ2n) is 10.4. The zero-order chi connectivity index (χ0) is 38.9. The van der Waals surface area contributed by atoms with Gasteiger partial charge in [0.05, 0.1) is 37.7 Å². The van der Waals surface area contributed by atoms with Gasteiger partial charge in [0.2, 0.25) is 11.8 Å². The van der Waals surface area contributed by atoms with E-state index in [4.69, 9.17) is 15.1 Å². The summed E-state index contributed by atoms with van der Waals surface area (Å²) in [5.41, 5.74) is 14.3. The lowest BCUT2D eigenvalue weighted by molar-refractivity contribution is -0.150. The molecule has 1 atom stereocenters. The molecule has 1 aliphatic heterocycles. The molecule has 3 heterocycles. The van der Waals surface area contributed by atoms with Crippen molar-refractivity contribution in [3.05, 3.63) is 115 Å². The molecule has 13 nitrogen and oxygen atoms in total. The number of nitrogens with two attached hydrogens (primary N) is 1. The molecule has 2 aromatic heterocycles. The van der Waals surface area contributed by atoms with E-state index < -0.39 is 6.17 Å². The summed E-state index contributed by atoms with van der Waals surface area (Å²) < 4.78 is 5.55. The summed E-state index contributed by atoms with van der Waals surface area (Å²) in [6.45, 7) is 19.8. The van der Waals surface area contributed by atoms with Gasteiger partial charge in [-0.25, -0.2) is 10.4 Å². The first-order valence-electron chi connectivity index (χ1n) is 16.3. The Kier molecular flexibility index (Phi) is 21.1. The third-order valence-electron chi connectivity index (χ3n) is 7.10. The van der Waals surface area contributed by atoms with Crippen LogP contribution in [0.3, 0.4) is 0 Å². The molecule has 2 amide bonds. The molecule has 1 fully saturated rings. The van der Waals surface area contributed by atoms with Crippen LogP contribution in [0.4, 0.5) is 5.69 Å². The maximum Gasteiger partial charge on any atom is 0.242 e. The molecule has 1 unspecified atom stereocenters. The summed E-state index contributed by atoms with van der Waals surface area (Å²) in [6.07, 6.45) is 15.5. The highest BCUT2D eigenvalue weighted by atomic mass is 16.5. The number of terminal acetylenes is 1. The van der Waals surface area contributed by atoms with Gasteiger partial charge in [-0.3, -0.25) is 24.5 Å². The number of carbonyl (C=O) groups excluding carboxylic acids is 3. The fraction of sp³-hybridized carbons (Fsp3) is 0.256. The fourth-order valence-electron chi connectivity index (χ4n) is 4.88. The van der Waals surface area contributed by atoms with Gasteiger partial charge >= 0.3 is 0 Å². The number of hydrogen-bond acceptors (Lipinski definition) is 11. The number of nitrogens with zero attached hydrogens (tertiary/aromatic N) is 7. The Morgan fingerprint density at radius 1 is 1.12 bits per heavy atom. The molecular formula is C39H49N9O4. The van der Waals surface area contributed by atoms with Gasteiger partial charge in [0.1, 0.15) is 24.7 Å². The van der Waals surface area contributed by atoms with Crippen molar-refractivity contribution in [3.63, 3.8) is 0 Å². The van der Waals surface area contributed by atoms with Crippen molar-refractivity contribution in [2.75, 3.05) is 19.6 Å². The number of benzene rings is 2. The predicted octanol–water partition coefficient (Wildman–Crippen LogP) is 5.05. The highest BCUT2D eigenvalue weighted by Crippen LogP contribution is 2.26. The molecule has 3 N–H and O–H groups in total. The summed E-state index contributed by atoms with van der Waals surface area (Å²) >= 11 is 0. The van der Waals surface area contributed by atoms with Gasteiger partial charge in [0, 0.05) is 37.1 Å². The van der Waals surface area contributed by atoms with Gasteiger partial charge in [0.25, 0.3) is 0 Å². The van der Waals surface area contributed by atoms with Crippen molar-refractivity contribution in [1.82, 2.24) is 35.4 Å². The van der Waals surface area contributed by atoms with Gasteiger partial charge in [0.15, 0.2) is 5.76 Å². The largest absolute Gasteiger partial charge is 0.359 e. The molecule has 1 aliphatic rings. The van der Waals surface area contributed by atoms with Crippen LogP contribution in [-0.2, 0) is 34.0 Å². The molecule has 5 rings (SSSR count). The minimum atomic E-state index is -0.678. The lowest BCUT2D eigenvalue weighted by atomic mass is 10.0. The molecule has 13 heteroatoms. The number of rotatable bonds is 12. The first-order chi connectivity index (χ1) is 25.4. The van der Waals surface area contributed by atoms with Crippen LogP contribution < -0.4 is 11.2 Å². The Balaban J connectivity index is 0.00000138. The lowest BCUT2D eigenvalue weighted by Gasteiger charge is -2.40. The summed E-state index contributed by atoms with van der Waals surface area (Å²) in [5, 5.41) is 5.83. The van der Waals surface area contributed by atoms with Crippen LogP contribution >= 0.6 is 0 Å².